The molecule has 2 saturated carbocycles. The van der Waals surface area contributed by atoms with E-state index in [1.807, 2.05) is 24.3 Å². The molecule has 1 aromatic carbocycles. The monoisotopic (exact) mass is 244 g/mol. The summed E-state index contributed by atoms with van der Waals surface area (Å²) in [7, 11) is 0. The molecule has 18 heavy (non-hydrogen) atoms. The molecule has 1 aromatic rings. The Bertz CT molecular complexity index is 434. The highest BCUT2D eigenvalue weighted by molar-refractivity contribution is 5.95. The van der Waals surface area contributed by atoms with Crippen LogP contribution < -0.4 is 10.6 Å². The summed E-state index contributed by atoms with van der Waals surface area (Å²) in [5, 5.41) is 6.55. The summed E-state index contributed by atoms with van der Waals surface area (Å²) in [6.45, 7) is 0. The van der Waals surface area contributed by atoms with Gasteiger partial charge in [0.2, 0.25) is 0 Å². The number of hydrogen-bond acceptors (Lipinski definition) is 2. The number of anilines is 1. The lowest BCUT2D eigenvalue weighted by Crippen LogP contribution is -2.25. The summed E-state index contributed by atoms with van der Waals surface area (Å²) in [6, 6.07) is 8.87. The van der Waals surface area contributed by atoms with Crippen LogP contribution in [-0.4, -0.2) is 18.0 Å². The number of hydrogen-bond donors (Lipinski definition) is 2. The molecular weight excluding hydrogens is 224 g/mol. The molecule has 1 amide bonds. The van der Waals surface area contributed by atoms with Gasteiger partial charge in [-0.25, -0.2) is 0 Å². The van der Waals surface area contributed by atoms with Crippen molar-refractivity contribution in [1.82, 2.24) is 5.32 Å². The predicted molar refractivity (Wildman–Crippen MR) is 72.8 cm³/mol. The van der Waals surface area contributed by atoms with Crippen molar-refractivity contribution >= 4 is 11.6 Å². The Morgan fingerprint density at radius 3 is 2.56 bits per heavy atom. The van der Waals surface area contributed by atoms with Gasteiger partial charge in [-0.1, -0.05) is 18.9 Å². The Hall–Kier alpha value is -1.51. The summed E-state index contributed by atoms with van der Waals surface area (Å²) < 4.78 is 0. The minimum absolute atomic E-state index is 0.0626. The van der Waals surface area contributed by atoms with E-state index in [2.05, 4.69) is 10.6 Å². The third-order valence-electron chi connectivity index (χ3n) is 3.76. The first-order valence-electron chi connectivity index (χ1n) is 6.99. The highest BCUT2D eigenvalue weighted by Gasteiger charge is 2.23. The van der Waals surface area contributed by atoms with Crippen LogP contribution in [0.3, 0.4) is 0 Å². The van der Waals surface area contributed by atoms with Gasteiger partial charge in [-0.05, 0) is 43.9 Å². The average Bonchev–Trinajstić information content (AvgIpc) is 3.04. The third-order valence-corrected chi connectivity index (χ3v) is 3.76. The number of carbonyl (C=O) groups excluding carboxylic acids is 1. The summed E-state index contributed by atoms with van der Waals surface area (Å²) >= 11 is 0. The van der Waals surface area contributed by atoms with E-state index in [0.29, 0.717) is 12.1 Å². The summed E-state index contributed by atoms with van der Waals surface area (Å²) in [6.07, 6.45) is 7.40. The molecule has 2 aliphatic carbocycles. The van der Waals surface area contributed by atoms with E-state index < -0.39 is 0 Å². The first-order valence-corrected chi connectivity index (χ1v) is 6.99. The Kier molecular flexibility index (Phi) is 3.22. The van der Waals surface area contributed by atoms with E-state index in [-0.39, 0.29) is 5.91 Å². The standard InChI is InChI=1S/C15H20N2O/c18-15(17-13-8-9-13)11-4-3-7-14(10-11)16-12-5-1-2-6-12/h3-4,7,10,12-13,16H,1-2,5-6,8-9H2,(H,17,18). The number of nitrogens with one attached hydrogen (secondary N) is 2. The van der Waals surface area contributed by atoms with E-state index in [9.17, 15) is 4.79 Å². The smallest absolute Gasteiger partial charge is 0.251 e. The van der Waals surface area contributed by atoms with Crippen LogP contribution in [0.2, 0.25) is 0 Å². The molecule has 2 fully saturated rings. The number of carbonyl (C=O) groups is 1. The molecule has 96 valence electrons. The van der Waals surface area contributed by atoms with Crippen LogP contribution in [0.15, 0.2) is 24.3 Å². The fraction of sp³-hybridized carbons (Fsp3) is 0.533. The van der Waals surface area contributed by atoms with Gasteiger partial charge in [-0.2, -0.15) is 0 Å². The van der Waals surface area contributed by atoms with Crippen molar-refractivity contribution < 1.29 is 4.79 Å². The minimum atomic E-state index is 0.0626. The van der Waals surface area contributed by atoms with Crippen LogP contribution in [0.25, 0.3) is 0 Å². The fourth-order valence-corrected chi connectivity index (χ4v) is 2.55. The van der Waals surface area contributed by atoms with Gasteiger partial charge in [0.25, 0.3) is 5.91 Å². The normalized spacial score (nSPS) is 19.8. The van der Waals surface area contributed by atoms with E-state index in [0.717, 1.165) is 24.1 Å². The Morgan fingerprint density at radius 2 is 1.83 bits per heavy atom. The first kappa shape index (κ1) is 11.6. The summed E-state index contributed by atoms with van der Waals surface area (Å²) in [4.78, 5) is 11.9. The average molecular weight is 244 g/mol. The Balaban J connectivity index is 1.65. The highest BCUT2D eigenvalue weighted by Crippen LogP contribution is 2.23. The van der Waals surface area contributed by atoms with Crippen LogP contribution >= 0.6 is 0 Å². The van der Waals surface area contributed by atoms with Crippen molar-refractivity contribution in [2.45, 2.75) is 50.6 Å². The van der Waals surface area contributed by atoms with Crippen LogP contribution in [0, 0.1) is 0 Å². The molecule has 0 aliphatic heterocycles. The quantitative estimate of drug-likeness (QED) is 0.855. The lowest BCUT2D eigenvalue weighted by Gasteiger charge is -2.14. The molecule has 2 aliphatic rings. The van der Waals surface area contributed by atoms with Gasteiger partial charge in [0.05, 0.1) is 0 Å². The Labute approximate surface area is 108 Å². The SMILES string of the molecule is O=C(NC1CC1)c1cccc(NC2CCCC2)c1. The predicted octanol–water partition coefficient (Wildman–Crippen LogP) is 2.93. The molecule has 0 aromatic heterocycles. The largest absolute Gasteiger partial charge is 0.382 e. The van der Waals surface area contributed by atoms with Crippen LogP contribution in [0.4, 0.5) is 5.69 Å². The van der Waals surface area contributed by atoms with Crippen LogP contribution in [0.1, 0.15) is 48.9 Å². The summed E-state index contributed by atoms with van der Waals surface area (Å²) in [5.74, 6) is 0.0626. The van der Waals surface area contributed by atoms with Crippen molar-refractivity contribution in [2.75, 3.05) is 5.32 Å². The van der Waals surface area contributed by atoms with Gasteiger partial charge >= 0.3 is 0 Å². The zero-order valence-electron chi connectivity index (χ0n) is 10.6. The van der Waals surface area contributed by atoms with E-state index in [1.54, 1.807) is 0 Å². The zero-order valence-corrected chi connectivity index (χ0v) is 10.6. The maximum atomic E-state index is 11.9. The molecule has 0 spiro atoms. The number of amides is 1. The molecule has 3 nitrogen and oxygen atoms in total. The number of rotatable bonds is 4. The maximum absolute atomic E-state index is 11.9. The van der Waals surface area contributed by atoms with Crippen molar-refractivity contribution in [3.63, 3.8) is 0 Å². The van der Waals surface area contributed by atoms with Gasteiger partial charge in [0, 0.05) is 23.3 Å². The second-order valence-corrected chi connectivity index (χ2v) is 5.45. The maximum Gasteiger partial charge on any atom is 0.251 e. The second-order valence-electron chi connectivity index (χ2n) is 5.45. The summed E-state index contributed by atoms with van der Waals surface area (Å²) in [5.41, 5.74) is 1.84. The van der Waals surface area contributed by atoms with E-state index in [1.165, 1.54) is 25.7 Å². The van der Waals surface area contributed by atoms with Gasteiger partial charge in [0.1, 0.15) is 0 Å². The van der Waals surface area contributed by atoms with E-state index >= 15 is 0 Å². The van der Waals surface area contributed by atoms with Crippen molar-refractivity contribution in [1.29, 1.82) is 0 Å². The molecule has 3 heteroatoms. The lowest BCUT2D eigenvalue weighted by atomic mass is 10.1. The molecule has 0 heterocycles. The minimum Gasteiger partial charge on any atom is -0.382 e. The molecule has 3 rings (SSSR count). The Morgan fingerprint density at radius 1 is 1.06 bits per heavy atom. The van der Waals surface area contributed by atoms with Crippen LogP contribution in [-0.2, 0) is 0 Å². The van der Waals surface area contributed by atoms with Gasteiger partial charge < -0.3 is 10.6 Å². The zero-order chi connectivity index (χ0) is 12.4. The highest BCUT2D eigenvalue weighted by atomic mass is 16.1. The molecule has 0 unspecified atom stereocenters. The molecule has 2 N–H and O–H groups in total. The van der Waals surface area contributed by atoms with E-state index in [4.69, 9.17) is 0 Å². The van der Waals surface area contributed by atoms with Gasteiger partial charge in [-0.3, -0.25) is 4.79 Å². The first-order chi connectivity index (χ1) is 8.81. The molecule has 0 atom stereocenters. The van der Waals surface area contributed by atoms with Crippen molar-refractivity contribution in [2.24, 2.45) is 0 Å². The van der Waals surface area contributed by atoms with Gasteiger partial charge in [0.15, 0.2) is 0 Å². The molecular formula is C15H20N2O. The van der Waals surface area contributed by atoms with Crippen LogP contribution in [0.5, 0.6) is 0 Å². The topological polar surface area (TPSA) is 41.1 Å². The molecule has 0 radical (unpaired) electrons. The molecule has 0 bridgehead atoms. The number of benzene rings is 1. The second kappa shape index (κ2) is 5.01. The van der Waals surface area contributed by atoms with Gasteiger partial charge in [-0.15, -0.1) is 0 Å². The lowest BCUT2D eigenvalue weighted by molar-refractivity contribution is 0.0951. The van der Waals surface area contributed by atoms with Crippen molar-refractivity contribution in [3.8, 4) is 0 Å². The third kappa shape index (κ3) is 2.84. The molecule has 0 saturated heterocycles. The fourth-order valence-electron chi connectivity index (χ4n) is 2.55. The van der Waals surface area contributed by atoms with Crippen molar-refractivity contribution in [3.05, 3.63) is 29.8 Å².